The summed E-state index contributed by atoms with van der Waals surface area (Å²) in [7, 11) is 2.31. The lowest BCUT2D eigenvalue weighted by molar-refractivity contribution is -0.157. The maximum Gasteiger partial charge on any atom is 0.102 e. The zero-order valence-electron chi connectivity index (χ0n) is 22.6. The molecule has 0 aliphatic carbocycles. The standard InChI is InChI=1S/C26H55BO2/c1-13-16-22(6,7)19-29-26(12,15-3)23(8,9)17-24(10,18-27)20-28-25(11,14-2)21(4)5/h21H,13-20,27H2,1-12H3. The summed E-state index contributed by atoms with van der Waals surface area (Å²) in [5, 5.41) is 0. The second kappa shape index (κ2) is 11.0. The van der Waals surface area contributed by atoms with Crippen LogP contribution in [0.5, 0.6) is 0 Å². The first-order valence-corrected chi connectivity index (χ1v) is 12.3. The van der Waals surface area contributed by atoms with E-state index in [4.69, 9.17) is 9.47 Å². The molecule has 0 radical (unpaired) electrons. The van der Waals surface area contributed by atoms with E-state index in [1.165, 1.54) is 12.8 Å². The van der Waals surface area contributed by atoms with E-state index in [9.17, 15) is 0 Å². The number of hydrogen-bond acceptors (Lipinski definition) is 2. The Balaban J connectivity index is 5.39. The van der Waals surface area contributed by atoms with Gasteiger partial charge in [0.25, 0.3) is 0 Å². The van der Waals surface area contributed by atoms with Crippen molar-refractivity contribution in [2.45, 2.75) is 133 Å². The van der Waals surface area contributed by atoms with Crippen molar-refractivity contribution in [2.75, 3.05) is 13.2 Å². The molecule has 0 aliphatic rings. The second-order valence-electron chi connectivity index (χ2n) is 12.1. The van der Waals surface area contributed by atoms with Gasteiger partial charge in [-0.3, -0.25) is 0 Å². The third-order valence-electron chi connectivity index (χ3n) is 8.21. The van der Waals surface area contributed by atoms with Crippen LogP contribution in [0.2, 0.25) is 6.32 Å². The summed E-state index contributed by atoms with van der Waals surface area (Å²) >= 11 is 0. The van der Waals surface area contributed by atoms with E-state index >= 15 is 0 Å². The lowest BCUT2D eigenvalue weighted by Gasteiger charge is -2.49. The molecular weight excluding hydrogens is 355 g/mol. The van der Waals surface area contributed by atoms with Gasteiger partial charge >= 0.3 is 0 Å². The Labute approximate surface area is 185 Å². The highest BCUT2D eigenvalue weighted by molar-refractivity contribution is 6.09. The number of hydrogen-bond donors (Lipinski definition) is 0. The Kier molecular flexibility index (Phi) is 11.0. The fraction of sp³-hybridized carbons (Fsp3) is 1.00. The molecule has 0 aromatic rings. The summed E-state index contributed by atoms with van der Waals surface area (Å²) in [6.45, 7) is 29.5. The fourth-order valence-corrected chi connectivity index (χ4v) is 4.43. The van der Waals surface area contributed by atoms with Gasteiger partial charge in [-0.25, -0.2) is 0 Å². The van der Waals surface area contributed by atoms with Crippen molar-refractivity contribution in [1.82, 2.24) is 0 Å². The zero-order valence-corrected chi connectivity index (χ0v) is 22.6. The molecule has 0 spiro atoms. The monoisotopic (exact) mass is 410 g/mol. The highest BCUT2D eigenvalue weighted by atomic mass is 16.5. The molecule has 3 unspecified atom stereocenters. The third kappa shape index (κ3) is 8.21. The van der Waals surface area contributed by atoms with Crippen molar-refractivity contribution in [3.05, 3.63) is 0 Å². The van der Waals surface area contributed by atoms with Crippen LogP contribution in [0.25, 0.3) is 0 Å². The summed E-state index contributed by atoms with van der Waals surface area (Å²) in [4.78, 5) is 0. The largest absolute Gasteiger partial charge is 0.374 e. The van der Waals surface area contributed by atoms with E-state index in [0.29, 0.717) is 5.92 Å². The molecule has 0 amide bonds. The predicted octanol–water partition coefficient (Wildman–Crippen LogP) is 7.31. The molecule has 0 saturated carbocycles. The van der Waals surface area contributed by atoms with Gasteiger partial charge in [-0.15, -0.1) is 0 Å². The van der Waals surface area contributed by atoms with Crippen LogP contribution in [0.15, 0.2) is 0 Å². The van der Waals surface area contributed by atoms with Crippen molar-refractivity contribution in [3.63, 3.8) is 0 Å². The molecule has 0 N–H and O–H groups in total. The Bertz CT molecular complexity index is 473. The average molecular weight is 411 g/mol. The number of ether oxygens (including phenoxy) is 2. The minimum atomic E-state index is -0.138. The zero-order chi connectivity index (χ0) is 23.1. The highest BCUT2D eigenvalue weighted by Gasteiger charge is 2.46. The van der Waals surface area contributed by atoms with Crippen LogP contribution >= 0.6 is 0 Å². The molecule has 0 heterocycles. The van der Waals surface area contributed by atoms with Crippen molar-refractivity contribution < 1.29 is 9.47 Å². The van der Waals surface area contributed by atoms with E-state index < -0.39 is 0 Å². The third-order valence-corrected chi connectivity index (χ3v) is 8.21. The van der Waals surface area contributed by atoms with Gasteiger partial charge in [0.2, 0.25) is 0 Å². The molecule has 0 fully saturated rings. The van der Waals surface area contributed by atoms with E-state index in [-0.39, 0.29) is 27.4 Å². The molecule has 0 rings (SSSR count). The van der Waals surface area contributed by atoms with Crippen LogP contribution in [-0.4, -0.2) is 32.3 Å². The van der Waals surface area contributed by atoms with Crippen molar-refractivity contribution in [1.29, 1.82) is 0 Å². The van der Waals surface area contributed by atoms with Gasteiger partial charge in [0.1, 0.15) is 7.85 Å². The van der Waals surface area contributed by atoms with Crippen molar-refractivity contribution >= 4 is 7.85 Å². The first-order chi connectivity index (χ1) is 13.1. The Hall–Kier alpha value is -0.0151. The molecular formula is C26H55BO2. The van der Waals surface area contributed by atoms with Crippen LogP contribution < -0.4 is 0 Å². The Morgan fingerprint density at radius 3 is 1.72 bits per heavy atom. The maximum atomic E-state index is 6.72. The summed E-state index contributed by atoms with van der Waals surface area (Å²) in [5.74, 6) is 0.520. The van der Waals surface area contributed by atoms with Gasteiger partial charge in [-0.2, -0.15) is 0 Å². The Morgan fingerprint density at radius 1 is 0.793 bits per heavy atom. The highest BCUT2D eigenvalue weighted by Crippen LogP contribution is 2.47. The minimum absolute atomic E-state index is 0.0463. The van der Waals surface area contributed by atoms with Crippen LogP contribution in [-0.2, 0) is 9.47 Å². The van der Waals surface area contributed by atoms with Gasteiger partial charge in [0, 0.05) is 0 Å². The van der Waals surface area contributed by atoms with E-state index in [1.54, 1.807) is 0 Å². The quantitative estimate of drug-likeness (QED) is 0.263. The van der Waals surface area contributed by atoms with Crippen LogP contribution in [0.3, 0.4) is 0 Å². The smallest absolute Gasteiger partial charge is 0.102 e. The van der Waals surface area contributed by atoms with Gasteiger partial charge in [0.15, 0.2) is 0 Å². The lowest BCUT2D eigenvalue weighted by Crippen LogP contribution is -2.49. The molecule has 0 saturated heterocycles. The molecule has 29 heavy (non-hydrogen) atoms. The molecule has 3 atom stereocenters. The SMILES string of the molecule is BCC(C)(COC(C)(CC)C(C)C)CC(C)(C)C(C)(CC)OCC(C)(C)CCC. The van der Waals surface area contributed by atoms with Gasteiger partial charge in [-0.1, -0.05) is 82.0 Å². The van der Waals surface area contributed by atoms with E-state index in [1.807, 2.05) is 0 Å². The van der Waals surface area contributed by atoms with E-state index in [0.717, 1.165) is 38.8 Å². The van der Waals surface area contributed by atoms with Gasteiger partial charge in [0.05, 0.1) is 24.4 Å². The van der Waals surface area contributed by atoms with Gasteiger partial charge < -0.3 is 9.47 Å². The minimum Gasteiger partial charge on any atom is -0.374 e. The molecule has 0 bridgehead atoms. The normalized spacial score (nSPS) is 19.6. The first-order valence-electron chi connectivity index (χ1n) is 12.3. The second-order valence-corrected chi connectivity index (χ2v) is 12.1. The first kappa shape index (κ1) is 29.0. The Morgan fingerprint density at radius 2 is 1.34 bits per heavy atom. The van der Waals surface area contributed by atoms with Gasteiger partial charge in [-0.05, 0) is 61.7 Å². The molecule has 174 valence electrons. The maximum absolute atomic E-state index is 6.72. The molecule has 0 aromatic heterocycles. The summed E-state index contributed by atoms with van der Waals surface area (Å²) in [6, 6.07) is 0. The topological polar surface area (TPSA) is 18.5 Å². The predicted molar refractivity (Wildman–Crippen MR) is 133 cm³/mol. The van der Waals surface area contributed by atoms with E-state index in [2.05, 4.69) is 90.9 Å². The molecule has 0 aliphatic heterocycles. The average Bonchev–Trinajstić information content (AvgIpc) is 2.63. The summed E-state index contributed by atoms with van der Waals surface area (Å²) in [5.41, 5.74) is 0.265. The molecule has 0 aromatic carbocycles. The van der Waals surface area contributed by atoms with Crippen molar-refractivity contribution in [2.24, 2.45) is 22.2 Å². The summed E-state index contributed by atoms with van der Waals surface area (Å²) < 4.78 is 13.3. The molecule has 3 heteroatoms. The van der Waals surface area contributed by atoms with Crippen LogP contribution in [0.1, 0.15) is 115 Å². The summed E-state index contributed by atoms with van der Waals surface area (Å²) in [6.07, 6.45) is 6.72. The number of rotatable bonds is 15. The lowest BCUT2D eigenvalue weighted by atomic mass is 9.62. The van der Waals surface area contributed by atoms with Crippen LogP contribution in [0, 0.1) is 22.2 Å². The van der Waals surface area contributed by atoms with Crippen LogP contribution in [0.4, 0.5) is 0 Å². The molecule has 2 nitrogen and oxygen atoms in total. The van der Waals surface area contributed by atoms with Crippen molar-refractivity contribution in [3.8, 4) is 0 Å². The fourth-order valence-electron chi connectivity index (χ4n) is 4.43.